The summed E-state index contributed by atoms with van der Waals surface area (Å²) in [6, 6.07) is 0. The van der Waals surface area contributed by atoms with E-state index in [1.807, 2.05) is 11.8 Å². The lowest BCUT2D eigenvalue weighted by molar-refractivity contribution is -0.137. The Hall–Kier alpha value is -0.280. The van der Waals surface area contributed by atoms with Gasteiger partial charge in [-0.05, 0) is 19.8 Å². The van der Waals surface area contributed by atoms with Crippen molar-refractivity contribution in [2.45, 2.75) is 19.8 Å². The molecule has 1 saturated heterocycles. The second-order valence-electron chi connectivity index (χ2n) is 2.99. The van der Waals surface area contributed by atoms with Gasteiger partial charge in [0.25, 0.3) is 0 Å². The van der Waals surface area contributed by atoms with Crippen LogP contribution in [0, 0.1) is 5.92 Å². The van der Waals surface area contributed by atoms with Crippen molar-refractivity contribution in [3.05, 3.63) is 0 Å². The Labute approximate surface area is 79.7 Å². The molecule has 12 heavy (non-hydrogen) atoms. The summed E-state index contributed by atoms with van der Waals surface area (Å²) in [5.41, 5.74) is 5.46. The number of hydrogen-bond donors (Lipinski definition) is 1. The van der Waals surface area contributed by atoms with E-state index >= 15 is 0 Å². The maximum Gasteiger partial charge on any atom is 0.226 e. The largest absolute Gasteiger partial charge is 0.343 e. The number of amides is 1. The van der Waals surface area contributed by atoms with Crippen LogP contribution in [0.1, 0.15) is 19.8 Å². The highest BCUT2D eigenvalue weighted by atomic mass is 35.5. The Kier molecular flexibility index (Phi) is 5.25. The molecule has 1 unspecified atom stereocenters. The molecule has 0 radical (unpaired) electrons. The zero-order valence-corrected chi connectivity index (χ0v) is 8.27. The van der Waals surface area contributed by atoms with Gasteiger partial charge >= 0.3 is 0 Å². The van der Waals surface area contributed by atoms with Crippen LogP contribution in [0.15, 0.2) is 0 Å². The molecule has 1 atom stereocenters. The van der Waals surface area contributed by atoms with Crippen LogP contribution in [0.2, 0.25) is 0 Å². The van der Waals surface area contributed by atoms with E-state index in [4.69, 9.17) is 5.73 Å². The van der Waals surface area contributed by atoms with Gasteiger partial charge in [0.15, 0.2) is 0 Å². The SMILES string of the molecule is CCN1CCCC(CN)C1=O.Cl. The predicted octanol–water partition coefficient (Wildman–Crippen LogP) is 0.625. The number of piperidine rings is 1. The Morgan fingerprint density at radius 2 is 2.33 bits per heavy atom. The number of nitrogens with zero attached hydrogens (tertiary/aromatic N) is 1. The normalized spacial score (nSPS) is 23.7. The predicted molar refractivity (Wildman–Crippen MR) is 51.3 cm³/mol. The Balaban J connectivity index is 0.00000121. The molecule has 0 bridgehead atoms. The minimum absolute atomic E-state index is 0. The molecule has 2 N–H and O–H groups in total. The highest BCUT2D eigenvalue weighted by Gasteiger charge is 2.25. The fourth-order valence-electron chi connectivity index (χ4n) is 1.55. The molecule has 1 fully saturated rings. The van der Waals surface area contributed by atoms with E-state index in [9.17, 15) is 4.79 Å². The maximum absolute atomic E-state index is 11.4. The van der Waals surface area contributed by atoms with Crippen molar-refractivity contribution in [2.75, 3.05) is 19.6 Å². The van der Waals surface area contributed by atoms with Crippen LogP contribution >= 0.6 is 12.4 Å². The summed E-state index contributed by atoms with van der Waals surface area (Å²) in [7, 11) is 0. The molecule has 0 aromatic rings. The minimum Gasteiger partial charge on any atom is -0.343 e. The zero-order valence-electron chi connectivity index (χ0n) is 7.45. The van der Waals surface area contributed by atoms with E-state index in [0.717, 1.165) is 25.9 Å². The third-order valence-corrected chi connectivity index (χ3v) is 2.31. The van der Waals surface area contributed by atoms with Crippen LogP contribution in [-0.4, -0.2) is 30.4 Å². The molecule has 0 aromatic carbocycles. The number of rotatable bonds is 2. The van der Waals surface area contributed by atoms with Gasteiger partial charge in [-0.25, -0.2) is 0 Å². The number of halogens is 1. The summed E-state index contributed by atoms with van der Waals surface area (Å²) < 4.78 is 0. The number of carbonyl (C=O) groups excluding carboxylic acids is 1. The average molecular weight is 193 g/mol. The fourth-order valence-corrected chi connectivity index (χ4v) is 1.55. The molecule has 1 amide bonds. The molecule has 1 aliphatic heterocycles. The molecule has 0 saturated carbocycles. The third kappa shape index (κ3) is 2.35. The Bertz CT molecular complexity index is 138. The quantitative estimate of drug-likeness (QED) is 0.698. The van der Waals surface area contributed by atoms with Gasteiger partial charge in [-0.1, -0.05) is 0 Å². The van der Waals surface area contributed by atoms with E-state index < -0.39 is 0 Å². The lowest BCUT2D eigenvalue weighted by Crippen LogP contribution is -2.43. The van der Waals surface area contributed by atoms with Crippen LogP contribution in [0.4, 0.5) is 0 Å². The summed E-state index contributed by atoms with van der Waals surface area (Å²) in [6.07, 6.45) is 2.09. The molecule has 4 heteroatoms. The molecule has 72 valence electrons. The number of hydrogen-bond acceptors (Lipinski definition) is 2. The van der Waals surface area contributed by atoms with Crippen LogP contribution in [0.3, 0.4) is 0 Å². The molecule has 0 aliphatic carbocycles. The van der Waals surface area contributed by atoms with Gasteiger partial charge in [-0.15, -0.1) is 12.4 Å². The molecular weight excluding hydrogens is 176 g/mol. The first-order valence-corrected chi connectivity index (χ1v) is 4.28. The molecular formula is C8H17ClN2O. The Morgan fingerprint density at radius 3 is 2.83 bits per heavy atom. The summed E-state index contributed by atoms with van der Waals surface area (Å²) in [5.74, 6) is 0.352. The highest BCUT2D eigenvalue weighted by Crippen LogP contribution is 2.15. The third-order valence-electron chi connectivity index (χ3n) is 2.31. The van der Waals surface area contributed by atoms with Crippen molar-refractivity contribution >= 4 is 18.3 Å². The summed E-state index contributed by atoms with van der Waals surface area (Å²) in [5, 5.41) is 0. The molecule has 0 spiro atoms. The van der Waals surface area contributed by atoms with Gasteiger partial charge in [-0.3, -0.25) is 4.79 Å². The van der Waals surface area contributed by atoms with Crippen molar-refractivity contribution < 1.29 is 4.79 Å². The lowest BCUT2D eigenvalue weighted by Gasteiger charge is -2.30. The zero-order chi connectivity index (χ0) is 8.27. The van der Waals surface area contributed by atoms with E-state index in [2.05, 4.69) is 0 Å². The van der Waals surface area contributed by atoms with Crippen LogP contribution in [0.25, 0.3) is 0 Å². The van der Waals surface area contributed by atoms with Crippen molar-refractivity contribution in [2.24, 2.45) is 11.7 Å². The first-order valence-electron chi connectivity index (χ1n) is 4.28. The number of likely N-dealkylation sites (tertiary alicyclic amines) is 1. The number of carbonyl (C=O) groups is 1. The van der Waals surface area contributed by atoms with Crippen molar-refractivity contribution in [3.63, 3.8) is 0 Å². The smallest absolute Gasteiger partial charge is 0.226 e. The first kappa shape index (κ1) is 11.7. The summed E-state index contributed by atoms with van der Waals surface area (Å²) in [4.78, 5) is 13.3. The van der Waals surface area contributed by atoms with E-state index in [0.29, 0.717) is 6.54 Å². The molecule has 1 aliphatic rings. The van der Waals surface area contributed by atoms with Gasteiger partial charge in [0, 0.05) is 19.6 Å². The van der Waals surface area contributed by atoms with E-state index in [1.165, 1.54) is 0 Å². The molecule has 0 aromatic heterocycles. The second kappa shape index (κ2) is 5.38. The second-order valence-corrected chi connectivity index (χ2v) is 2.99. The van der Waals surface area contributed by atoms with Crippen molar-refractivity contribution in [1.29, 1.82) is 0 Å². The molecule has 1 heterocycles. The maximum atomic E-state index is 11.4. The highest BCUT2D eigenvalue weighted by molar-refractivity contribution is 5.85. The summed E-state index contributed by atoms with van der Waals surface area (Å²) in [6.45, 7) is 4.27. The van der Waals surface area contributed by atoms with Gasteiger partial charge in [0.2, 0.25) is 5.91 Å². The van der Waals surface area contributed by atoms with E-state index in [-0.39, 0.29) is 24.2 Å². The first-order chi connectivity index (χ1) is 5.29. The standard InChI is InChI=1S/C8H16N2O.ClH/c1-2-10-5-3-4-7(6-9)8(10)11;/h7H,2-6,9H2,1H3;1H. The van der Waals surface area contributed by atoms with Gasteiger partial charge in [0.05, 0.1) is 5.92 Å². The van der Waals surface area contributed by atoms with Crippen LogP contribution in [0.5, 0.6) is 0 Å². The van der Waals surface area contributed by atoms with E-state index in [1.54, 1.807) is 0 Å². The van der Waals surface area contributed by atoms with Gasteiger partial charge < -0.3 is 10.6 Å². The van der Waals surface area contributed by atoms with Crippen LogP contribution in [-0.2, 0) is 4.79 Å². The van der Waals surface area contributed by atoms with Gasteiger partial charge in [-0.2, -0.15) is 0 Å². The summed E-state index contributed by atoms with van der Waals surface area (Å²) >= 11 is 0. The lowest BCUT2D eigenvalue weighted by atomic mass is 9.97. The topological polar surface area (TPSA) is 46.3 Å². The fraction of sp³-hybridized carbons (Fsp3) is 0.875. The monoisotopic (exact) mass is 192 g/mol. The Morgan fingerprint density at radius 1 is 1.67 bits per heavy atom. The van der Waals surface area contributed by atoms with Crippen LogP contribution < -0.4 is 5.73 Å². The molecule has 3 nitrogen and oxygen atoms in total. The van der Waals surface area contributed by atoms with Crippen molar-refractivity contribution in [1.82, 2.24) is 4.90 Å². The average Bonchev–Trinajstić information content (AvgIpc) is 2.05. The van der Waals surface area contributed by atoms with Crippen molar-refractivity contribution in [3.8, 4) is 0 Å². The van der Waals surface area contributed by atoms with Gasteiger partial charge in [0.1, 0.15) is 0 Å². The minimum atomic E-state index is 0. The number of nitrogens with two attached hydrogens (primary N) is 1. The molecule has 1 rings (SSSR count).